The largest absolute Gasteiger partial charge is 0.491 e. The summed E-state index contributed by atoms with van der Waals surface area (Å²) in [7, 11) is 0. The molecule has 1 unspecified atom stereocenters. The van der Waals surface area contributed by atoms with Crippen LogP contribution in [0, 0.1) is 0 Å². The van der Waals surface area contributed by atoms with Crippen molar-refractivity contribution in [3.63, 3.8) is 0 Å². The molecular formula is C16H24N2O2. The molecule has 20 heavy (non-hydrogen) atoms. The van der Waals surface area contributed by atoms with Gasteiger partial charge in [-0.15, -0.1) is 0 Å². The number of hydrogen-bond donors (Lipinski definition) is 1. The van der Waals surface area contributed by atoms with Crippen molar-refractivity contribution in [3.05, 3.63) is 29.8 Å². The van der Waals surface area contributed by atoms with E-state index in [4.69, 9.17) is 15.2 Å². The van der Waals surface area contributed by atoms with Crippen LogP contribution in [0.2, 0.25) is 0 Å². The first kappa shape index (κ1) is 13.9. The molecule has 0 aliphatic carbocycles. The van der Waals surface area contributed by atoms with Gasteiger partial charge in [0.2, 0.25) is 0 Å². The third-order valence-corrected chi connectivity index (χ3v) is 4.10. The Morgan fingerprint density at radius 1 is 1.25 bits per heavy atom. The molecule has 0 spiro atoms. The third-order valence-electron chi connectivity index (χ3n) is 4.10. The van der Waals surface area contributed by atoms with Gasteiger partial charge in [0.05, 0.1) is 6.10 Å². The summed E-state index contributed by atoms with van der Waals surface area (Å²) < 4.78 is 11.3. The van der Waals surface area contributed by atoms with Gasteiger partial charge in [-0.2, -0.15) is 0 Å². The second kappa shape index (κ2) is 6.57. The highest BCUT2D eigenvalue weighted by atomic mass is 16.5. The Morgan fingerprint density at radius 2 is 2.10 bits per heavy atom. The highest BCUT2D eigenvalue weighted by Gasteiger charge is 2.19. The first-order valence-corrected chi connectivity index (χ1v) is 7.61. The molecular weight excluding hydrogens is 252 g/mol. The molecule has 3 rings (SSSR count). The molecule has 0 aromatic heterocycles. The standard InChI is InChI=1S/C16H24N2O2/c17-14-7-8-18(11-14)10-13-3-5-15(6-4-13)20-12-16-2-1-9-19-16/h3-6,14,16H,1-2,7-12,17H2/t14-,16?/m0/s1. The Bertz CT molecular complexity index is 415. The summed E-state index contributed by atoms with van der Waals surface area (Å²) in [6.07, 6.45) is 3.67. The van der Waals surface area contributed by atoms with Gasteiger partial charge in [0.15, 0.2) is 0 Å². The van der Waals surface area contributed by atoms with Crippen molar-refractivity contribution in [1.29, 1.82) is 0 Å². The van der Waals surface area contributed by atoms with E-state index in [0.717, 1.165) is 51.3 Å². The Labute approximate surface area is 120 Å². The number of ether oxygens (including phenoxy) is 2. The summed E-state index contributed by atoms with van der Waals surface area (Å²) in [6.45, 7) is 4.65. The molecule has 110 valence electrons. The second-order valence-electron chi connectivity index (χ2n) is 5.87. The van der Waals surface area contributed by atoms with Crippen LogP contribution in [-0.2, 0) is 11.3 Å². The minimum absolute atomic E-state index is 0.278. The predicted octanol–water partition coefficient (Wildman–Crippen LogP) is 1.78. The molecule has 1 aromatic rings. The zero-order valence-corrected chi connectivity index (χ0v) is 12.0. The third kappa shape index (κ3) is 3.72. The fourth-order valence-electron chi connectivity index (χ4n) is 2.92. The SMILES string of the molecule is N[C@H]1CCN(Cc2ccc(OCC3CCCO3)cc2)C1. The fourth-order valence-corrected chi connectivity index (χ4v) is 2.92. The molecule has 0 saturated carbocycles. The van der Waals surface area contributed by atoms with Crippen molar-refractivity contribution in [2.75, 3.05) is 26.3 Å². The molecule has 2 aliphatic rings. The Hall–Kier alpha value is -1.10. The summed E-state index contributed by atoms with van der Waals surface area (Å²) in [5.41, 5.74) is 7.25. The number of nitrogens with two attached hydrogens (primary N) is 1. The summed E-state index contributed by atoms with van der Waals surface area (Å²) in [6, 6.07) is 8.76. The zero-order chi connectivity index (χ0) is 13.8. The Kier molecular flexibility index (Phi) is 4.55. The van der Waals surface area contributed by atoms with E-state index >= 15 is 0 Å². The van der Waals surface area contributed by atoms with Crippen molar-refractivity contribution in [3.8, 4) is 5.75 Å². The molecule has 2 N–H and O–H groups in total. The van der Waals surface area contributed by atoms with Crippen LogP contribution in [0.15, 0.2) is 24.3 Å². The lowest BCUT2D eigenvalue weighted by molar-refractivity contribution is 0.0679. The summed E-state index contributed by atoms with van der Waals surface area (Å²) in [4.78, 5) is 2.41. The van der Waals surface area contributed by atoms with Crippen LogP contribution in [-0.4, -0.2) is 43.3 Å². The number of rotatable bonds is 5. The maximum Gasteiger partial charge on any atom is 0.119 e. The minimum Gasteiger partial charge on any atom is -0.491 e. The van der Waals surface area contributed by atoms with Crippen molar-refractivity contribution in [2.24, 2.45) is 5.73 Å². The maximum absolute atomic E-state index is 5.93. The normalized spacial score (nSPS) is 27.1. The summed E-state index contributed by atoms with van der Waals surface area (Å²) in [5, 5.41) is 0. The molecule has 2 saturated heterocycles. The van der Waals surface area contributed by atoms with Gasteiger partial charge in [0.25, 0.3) is 0 Å². The minimum atomic E-state index is 0.278. The number of likely N-dealkylation sites (tertiary alicyclic amines) is 1. The van der Waals surface area contributed by atoms with Crippen LogP contribution in [0.1, 0.15) is 24.8 Å². The highest BCUT2D eigenvalue weighted by Crippen LogP contribution is 2.18. The van der Waals surface area contributed by atoms with Gasteiger partial charge in [0.1, 0.15) is 12.4 Å². The van der Waals surface area contributed by atoms with E-state index < -0.39 is 0 Å². The first-order chi connectivity index (χ1) is 9.79. The van der Waals surface area contributed by atoms with E-state index in [9.17, 15) is 0 Å². The van der Waals surface area contributed by atoms with Crippen LogP contribution in [0.5, 0.6) is 5.75 Å². The molecule has 0 amide bonds. The predicted molar refractivity (Wildman–Crippen MR) is 78.8 cm³/mol. The lowest BCUT2D eigenvalue weighted by Gasteiger charge is -2.16. The molecule has 0 radical (unpaired) electrons. The monoisotopic (exact) mass is 276 g/mol. The number of benzene rings is 1. The van der Waals surface area contributed by atoms with Gasteiger partial charge < -0.3 is 15.2 Å². The average Bonchev–Trinajstić information content (AvgIpc) is 3.10. The van der Waals surface area contributed by atoms with Gasteiger partial charge in [-0.3, -0.25) is 4.90 Å². The molecule has 2 atom stereocenters. The topological polar surface area (TPSA) is 47.7 Å². The lowest BCUT2D eigenvalue weighted by atomic mass is 10.2. The Morgan fingerprint density at radius 3 is 2.75 bits per heavy atom. The van der Waals surface area contributed by atoms with Crippen LogP contribution >= 0.6 is 0 Å². The van der Waals surface area contributed by atoms with Gasteiger partial charge in [-0.05, 0) is 37.0 Å². The number of nitrogens with zero attached hydrogens (tertiary/aromatic N) is 1. The summed E-state index contributed by atoms with van der Waals surface area (Å²) >= 11 is 0. The van der Waals surface area contributed by atoms with E-state index in [1.807, 2.05) is 0 Å². The van der Waals surface area contributed by atoms with Gasteiger partial charge in [-0.25, -0.2) is 0 Å². The molecule has 4 heteroatoms. The van der Waals surface area contributed by atoms with Crippen LogP contribution in [0.3, 0.4) is 0 Å². The van der Waals surface area contributed by atoms with Crippen molar-refractivity contribution in [2.45, 2.75) is 38.0 Å². The van der Waals surface area contributed by atoms with Crippen LogP contribution in [0.4, 0.5) is 0 Å². The summed E-state index contributed by atoms with van der Waals surface area (Å²) in [5.74, 6) is 0.933. The molecule has 0 bridgehead atoms. The zero-order valence-electron chi connectivity index (χ0n) is 12.0. The quantitative estimate of drug-likeness (QED) is 0.890. The fraction of sp³-hybridized carbons (Fsp3) is 0.625. The van der Waals surface area contributed by atoms with Crippen molar-refractivity contribution in [1.82, 2.24) is 4.90 Å². The molecule has 2 heterocycles. The molecule has 4 nitrogen and oxygen atoms in total. The van der Waals surface area contributed by atoms with Crippen molar-refractivity contribution < 1.29 is 9.47 Å². The van der Waals surface area contributed by atoms with Gasteiger partial charge >= 0.3 is 0 Å². The molecule has 2 aliphatic heterocycles. The van der Waals surface area contributed by atoms with Gasteiger partial charge in [0, 0.05) is 32.3 Å². The average molecular weight is 276 g/mol. The Balaban J connectivity index is 1.46. The van der Waals surface area contributed by atoms with E-state index in [0.29, 0.717) is 12.6 Å². The highest BCUT2D eigenvalue weighted by molar-refractivity contribution is 5.27. The second-order valence-corrected chi connectivity index (χ2v) is 5.87. The number of hydrogen-bond acceptors (Lipinski definition) is 4. The van der Waals surface area contributed by atoms with Crippen molar-refractivity contribution >= 4 is 0 Å². The van der Waals surface area contributed by atoms with Crippen LogP contribution < -0.4 is 10.5 Å². The maximum atomic E-state index is 5.93. The molecule has 1 aromatic carbocycles. The van der Waals surface area contributed by atoms with E-state index in [-0.39, 0.29) is 6.10 Å². The first-order valence-electron chi connectivity index (χ1n) is 7.61. The van der Waals surface area contributed by atoms with E-state index in [1.165, 1.54) is 5.56 Å². The van der Waals surface area contributed by atoms with E-state index in [1.54, 1.807) is 0 Å². The molecule has 2 fully saturated rings. The van der Waals surface area contributed by atoms with E-state index in [2.05, 4.69) is 29.2 Å². The lowest BCUT2D eigenvalue weighted by Crippen LogP contribution is -2.26. The van der Waals surface area contributed by atoms with Gasteiger partial charge in [-0.1, -0.05) is 12.1 Å². The smallest absolute Gasteiger partial charge is 0.119 e. The van der Waals surface area contributed by atoms with Crippen LogP contribution in [0.25, 0.3) is 0 Å².